The van der Waals surface area contributed by atoms with Gasteiger partial charge in [0, 0.05) is 24.7 Å². The largest absolute Gasteiger partial charge is 0.341 e. The van der Waals surface area contributed by atoms with Gasteiger partial charge in [0.2, 0.25) is 5.91 Å². The van der Waals surface area contributed by atoms with Gasteiger partial charge in [-0.15, -0.1) is 0 Å². The Labute approximate surface area is 148 Å². The number of amides is 2. The molecule has 24 heavy (non-hydrogen) atoms. The Morgan fingerprint density at radius 3 is 2.71 bits per heavy atom. The first-order valence-corrected chi connectivity index (χ1v) is 9.81. The van der Waals surface area contributed by atoms with E-state index in [9.17, 15) is 9.59 Å². The molecule has 0 spiro atoms. The van der Waals surface area contributed by atoms with Crippen molar-refractivity contribution in [3.63, 3.8) is 0 Å². The summed E-state index contributed by atoms with van der Waals surface area (Å²) in [5, 5.41) is 2.93. The molecular weight excluding hydrogens is 322 g/mol. The van der Waals surface area contributed by atoms with E-state index < -0.39 is 6.04 Å². The highest BCUT2D eigenvalue weighted by atomic mass is 32.2. The van der Waals surface area contributed by atoms with E-state index in [2.05, 4.69) is 5.32 Å². The van der Waals surface area contributed by atoms with Crippen LogP contribution in [0.15, 0.2) is 24.3 Å². The van der Waals surface area contributed by atoms with Gasteiger partial charge in [0.25, 0.3) is 5.91 Å². The zero-order valence-corrected chi connectivity index (χ0v) is 15.3. The Morgan fingerprint density at radius 2 is 2.08 bits per heavy atom. The second-order valence-electron chi connectivity index (χ2n) is 6.34. The van der Waals surface area contributed by atoms with Crippen LogP contribution in [0, 0.1) is 6.92 Å². The highest BCUT2D eigenvalue weighted by Gasteiger charge is 2.28. The van der Waals surface area contributed by atoms with Crippen LogP contribution in [0.1, 0.15) is 35.2 Å². The molecule has 3 N–H and O–H groups in total. The monoisotopic (exact) mass is 349 g/mol. The molecule has 1 aliphatic heterocycles. The summed E-state index contributed by atoms with van der Waals surface area (Å²) in [7, 11) is 0. The molecule has 1 atom stereocenters. The van der Waals surface area contributed by atoms with Gasteiger partial charge in [-0.3, -0.25) is 9.59 Å². The summed E-state index contributed by atoms with van der Waals surface area (Å²) in [6.45, 7) is 3.30. The molecule has 2 rings (SSSR count). The molecule has 2 amide bonds. The van der Waals surface area contributed by atoms with Gasteiger partial charge < -0.3 is 16.0 Å². The quantitative estimate of drug-likeness (QED) is 0.821. The Balaban J connectivity index is 2.04. The molecule has 1 aromatic rings. The lowest BCUT2D eigenvalue weighted by atomic mass is 10.0. The third kappa shape index (κ3) is 5.24. The minimum Gasteiger partial charge on any atom is -0.341 e. The lowest BCUT2D eigenvalue weighted by Crippen LogP contribution is -2.52. The molecule has 1 unspecified atom stereocenters. The van der Waals surface area contributed by atoms with Gasteiger partial charge in [0.05, 0.1) is 0 Å². The zero-order valence-electron chi connectivity index (χ0n) is 14.5. The van der Waals surface area contributed by atoms with Crippen LogP contribution in [0.25, 0.3) is 0 Å². The van der Waals surface area contributed by atoms with Crippen molar-refractivity contribution in [2.75, 3.05) is 25.1 Å². The van der Waals surface area contributed by atoms with Gasteiger partial charge in [0.15, 0.2) is 0 Å². The standard InChI is InChI=1S/C18H27N3O2S/c1-13-4-3-5-14(12-13)17(22)20-16(8-11-24-2)18(23)21-9-6-15(19)7-10-21/h3-5,12,15-16H,6-11,19H2,1-2H3,(H,20,22). The minimum absolute atomic E-state index is 0.0111. The average Bonchev–Trinajstić information content (AvgIpc) is 2.58. The summed E-state index contributed by atoms with van der Waals surface area (Å²) in [6, 6.07) is 7.13. The second-order valence-corrected chi connectivity index (χ2v) is 7.33. The van der Waals surface area contributed by atoms with Gasteiger partial charge in [0.1, 0.15) is 6.04 Å². The maximum Gasteiger partial charge on any atom is 0.251 e. The smallest absolute Gasteiger partial charge is 0.251 e. The summed E-state index contributed by atoms with van der Waals surface area (Å²) < 4.78 is 0. The van der Waals surface area contributed by atoms with Crippen LogP contribution in [0.2, 0.25) is 0 Å². The third-order valence-electron chi connectivity index (χ3n) is 4.35. The van der Waals surface area contributed by atoms with E-state index in [-0.39, 0.29) is 17.9 Å². The number of piperidine rings is 1. The van der Waals surface area contributed by atoms with Crippen molar-refractivity contribution in [2.24, 2.45) is 5.73 Å². The molecular formula is C18H27N3O2S. The van der Waals surface area contributed by atoms with Gasteiger partial charge in [-0.05, 0) is 50.3 Å². The van der Waals surface area contributed by atoms with Crippen molar-refractivity contribution >= 4 is 23.6 Å². The summed E-state index contributed by atoms with van der Waals surface area (Å²) >= 11 is 1.68. The number of nitrogens with two attached hydrogens (primary N) is 1. The predicted molar refractivity (Wildman–Crippen MR) is 99.2 cm³/mol. The molecule has 0 radical (unpaired) electrons. The molecule has 132 valence electrons. The average molecular weight is 350 g/mol. The van der Waals surface area contributed by atoms with Crippen molar-refractivity contribution in [3.8, 4) is 0 Å². The predicted octanol–water partition coefficient (Wildman–Crippen LogP) is 1.80. The van der Waals surface area contributed by atoms with E-state index in [1.165, 1.54) is 0 Å². The molecule has 6 heteroatoms. The fourth-order valence-corrected chi connectivity index (χ4v) is 3.33. The summed E-state index contributed by atoms with van der Waals surface area (Å²) in [6.07, 6.45) is 4.30. The van der Waals surface area contributed by atoms with E-state index in [1.54, 1.807) is 17.8 Å². The third-order valence-corrected chi connectivity index (χ3v) is 4.99. The topological polar surface area (TPSA) is 75.4 Å². The number of carbonyl (C=O) groups is 2. The highest BCUT2D eigenvalue weighted by molar-refractivity contribution is 7.98. The van der Waals surface area contributed by atoms with Crippen LogP contribution in [0.5, 0.6) is 0 Å². The lowest BCUT2D eigenvalue weighted by Gasteiger charge is -2.33. The summed E-state index contributed by atoms with van der Waals surface area (Å²) in [5.41, 5.74) is 7.54. The number of benzene rings is 1. The first kappa shape index (κ1) is 18.8. The van der Waals surface area contributed by atoms with E-state index in [0.29, 0.717) is 25.1 Å². The van der Waals surface area contributed by atoms with Crippen molar-refractivity contribution in [3.05, 3.63) is 35.4 Å². The van der Waals surface area contributed by atoms with E-state index in [0.717, 1.165) is 24.2 Å². The maximum absolute atomic E-state index is 12.8. The molecule has 0 saturated carbocycles. The van der Waals surface area contributed by atoms with Gasteiger partial charge in [-0.2, -0.15) is 11.8 Å². The number of thioether (sulfide) groups is 1. The minimum atomic E-state index is -0.472. The summed E-state index contributed by atoms with van der Waals surface area (Å²) in [5.74, 6) is 0.654. The molecule has 0 aromatic heterocycles. The number of hydrogen-bond acceptors (Lipinski definition) is 4. The first-order valence-electron chi connectivity index (χ1n) is 8.42. The summed E-state index contributed by atoms with van der Waals surface area (Å²) in [4.78, 5) is 27.1. The molecule has 1 saturated heterocycles. The van der Waals surface area contributed by atoms with Crippen LogP contribution in [0.3, 0.4) is 0 Å². The van der Waals surface area contributed by atoms with E-state index in [4.69, 9.17) is 5.73 Å². The molecule has 0 bridgehead atoms. The van der Waals surface area contributed by atoms with Crippen LogP contribution in [-0.4, -0.2) is 53.9 Å². The highest BCUT2D eigenvalue weighted by Crippen LogP contribution is 2.13. The number of aryl methyl sites for hydroxylation is 1. The molecule has 1 fully saturated rings. The van der Waals surface area contributed by atoms with Crippen molar-refractivity contribution in [1.29, 1.82) is 0 Å². The Kier molecular flexibility index (Phi) is 7.12. The van der Waals surface area contributed by atoms with E-state index >= 15 is 0 Å². The Bertz CT molecular complexity index is 571. The number of nitrogens with one attached hydrogen (secondary N) is 1. The fraction of sp³-hybridized carbons (Fsp3) is 0.556. The second kappa shape index (κ2) is 9.08. The van der Waals surface area contributed by atoms with Crippen LogP contribution in [0.4, 0.5) is 0 Å². The number of carbonyl (C=O) groups excluding carboxylic acids is 2. The van der Waals surface area contributed by atoms with Crippen LogP contribution >= 0.6 is 11.8 Å². The number of rotatable bonds is 6. The van der Waals surface area contributed by atoms with Gasteiger partial charge >= 0.3 is 0 Å². The van der Waals surface area contributed by atoms with Gasteiger partial charge in [-0.1, -0.05) is 17.7 Å². The Hall–Kier alpha value is -1.53. The maximum atomic E-state index is 12.8. The SMILES string of the molecule is CSCCC(NC(=O)c1cccc(C)c1)C(=O)N1CCC(N)CC1. The van der Waals surface area contributed by atoms with E-state index in [1.807, 2.05) is 36.3 Å². The number of hydrogen-bond donors (Lipinski definition) is 2. The molecule has 1 aromatic carbocycles. The first-order chi connectivity index (χ1) is 11.5. The molecule has 1 aliphatic rings. The molecule has 0 aliphatic carbocycles. The molecule has 5 nitrogen and oxygen atoms in total. The van der Waals surface area contributed by atoms with Crippen molar-refractivity contribution in [2.45, 2.75) is 38.3 Å². The normalized spacial score (nSPS) is 16.7. The lowest BCUT2D eigenvalue weighted by molar-refractivity contribution is -0.134. The van der Waals surface area contributed by atoms with Crippen molar-refractivity contribution in [1.82, 2.24) is 10.2 Å². The Morgan fingerprint density at radius 1 is 1.38 bits per heavy atom. The molecule has 1 heterocycles. The van der Waals surface area contributed by atoms with Crippen LogP contribution < -0.4 is 11.1 Å². The zero-order chi connectivity index (χ0) is 17.5. The fourth-order valence-electron chi connectivity index (χ4n) is 2.86. The number of likely N-dealkylation sites (tertiary alicyclic amines) is 1. The van der Waals surface area contributed by atoms with Gasteiger partial charge in [-0.25, -0.2) is 0 Å². The van der Waals surface area contributed by atoms with Crippen LogP contribution in [-0.2, 0) is 4.79 Å². The van der Waals surface area contributed by atoms with Crippen molar-refractivity contribution < 1.29 is 9.59 Å². The number of nitrogens with zero attached hydrogens (tertiary/aromatic N) is 1.